The van der Waals surface area contributed by atoms with E-state index in [9.17, 15) is 9.18 Å². The van der Waals surface area contributed by atoms with Crippen molar-refractivity contribution in [3.05, 3.63) is 70.7 Å². The Kier molecular flexibility index (Phi) is 3.93. The van der Waals surface area contributed by atoms with E-state index in [4.69, 9.17) is 9.47 Å². The maximum atomic E-state index is 13.4. The molecule has 1 heterocycles. The van der Waals surface area contributed by atoms with Crippen molar-refractivity contribution in [2.24, 2.45) is 4.99 Å². The highest BCUT2D eigenvalue weighted by atomic mass is 19.1. The Morgan fingerprint density at radius 1 is 1.22 bits per heavy atom. The minimum absolute atomic E-state index is 0.102. The number of halogens is 1. The predicted octanol–water partition coefficient (Wildman–Crippen LogP) is 3.49. The molecule has 0 unspecified atom stereocenters. The van der Waals surface area contributed by atoms with E-state index >= 15 is 0 Å². The number of hydrogen-bond acceptors (Lipinski definition) is 4. The Balaban J connectivity index is 2.00. The van der Waals surface area contributed by atoms with Crippen LogP contribution in [0, 0.1) is 12.7 Å². The second-order valence-corrected chi connectivity index (χ2v) is 5.09. The van der Waals surface area contributed by atoms with Crippen molar-refractivity contribution in [3.8, 4) is 5.75 Å². The highest BCUT2D eigenvalue weighted by molar-refractivity contribution is 6.13. The Morgan fingerprint density at radius 2 is 2.04 bits per heavy atom. The van der Waals surface area contributed by atoms with E-state index in [0.717, 1.165) is 5.56 Å². The van der Waals surface area contributed by atoms with Gasteiger partial charge >= 0.3 is 5.97 Å². The van der Waals surface area contributed by atoms with Crippen molar-refractivity contribution >= 4 is 17.9 Å². The molecule has 0 bridgehead atoms. The van der Waals surface area contributed by atoms with Crippen LogP contribution in [0.2, 0.25) is 0 Å². The smallest absolute Gasteiger partial charge is 0.363 e. The van der Waals surface area contributed by atoms with Crippen LogP contribution in [-0.2, 0) is 9.53 Å². The summed E-state index contributed by atoms with van der Waals surface area (Å²) in [5.41, 5.74) is 2.28. The monoisotopic (exact) mass is 311 g/mol. The fourth-order valence-corrected chi connectivity index (χ4v) is 2.28. The average molecular weight is 311 g/mol. The van der Waals surface area contributed by atoms with Crippen molar-refractivity contribution in [1.29, 1.82) is 0 Å². The van der Waals surface area contributed by atoms with Crippen LogP contribution in [0.4, 0.5) is 4.39 Å². The van der Waals surface area contributed by atoms with Gasteiger partial charge in [-0.25, -0.2) is 14.2 Å². The van der Waals surface area contributed by atoms with E-state index in [2.05, 4.69) is 4.99 Å². The second kappa shape index (κ2) is 6.04. The molecule has 23 heavy (non-hydrogen) atoms. The van der Waals surface area contributed by atoms with Crippen molar-refractivity contribution in [1.82, 2.24) is 0 Å². The molecule has 3 rings (SSSR count). The van der Waals surface area contributed by atoms with Crippen LogP contribution in [0.25, 0.3) is 6.08 Å². The van der Waals surface area contributed by atoms with Crippen LogP contribution in [0.1, 0.15) is 16.7 Å². The zero-order chi connectivity index (χ0) is 16.4. The fraction of sp³-hybridized carbons (Fsp3) is 0.111. The largest absolute Gasteiger partial charge is 0.496 e. The van der Waals surface area contributed by atoms with E-state index in [1.54, 1.807) is 0 Å². The van der Waals surface area contributed by atoms with E-state index in [1.165, 1.54) is 31.4 Å². The zero-order valence-corrected chi connectivity index (χ0v) is 12.7. The Labute approximate surface area is 132 Å². The molecule has 0 atom stereocenters. The minimum atomic E-state index is -0.576. The lowest BCUT2D eigenvalue weighted by atomic mass is 10.1. The summed E-state index contributed by atoms with van der Waals surface area (Å²) in [7, 11) is 1.48. The zero-order valence-electron chi connectivity index (χ0n) is 12.7. The standard InChI is InChI=1S/C18H14FNO3/c1-11-4-3-5-12(8-11)17-20-15(18(21)23-17)10-13-9-14(19)6-7-16(13)22-2/h3-10H,1-2H3/b15-10+. The number of nitrogens with zero attached hydrogens (tertiary/aromatic N) is 1. The SMILES string of the molecule is COc1ccc(F)cc1/C=C1/N=C(c2cccc(C)c2)OC1=O. The molecular weight excluding hydrogens is 297 g/mol. The number of aliphatic imine (C=N–C) groups is 1. The molecule has 2 aromatic carbocycles. The van der Waals surface area contributed by atoms with Gasteiger partial charge in [-0.2, -0.15) is 0 Å². The number of methoxy groups -OCH3 is 1. The summed E-state index contributed by atoms with van der Waals surface area (Å²) in [6.45, 7) is 1.94. The summed E-state index contributed by atoms with van der Waals surface area (Å²) in [6, 6.07) is 11.5. The lowest BCUT2D eigenvalue weighted by Gasteiger charge is -2.04. The third kappa shape index (κ3) is 3.13. The van der Waals surface area contributed by atoms with Crippen LogP contribution in [0.5, 0.6) is 5.75 Å². The van der Waals surface area contributed by atoms with Crippen molar-refractivity contribution in [2.75, 3.05) is 7.11 Å². The van der Waals surface area contributed by atoms with Crippen LogP contribution < -0.4 is 4.74 Å². The van der Waals surface area contributed by atoms with Gasteiger partial charge in [-0.05, 0) is 43.3 Å². The van der Waals surface area contributed by atoms with Gasteiger partial charge < -0.3 is 9.47 Å². The molecular formula is C18H14FNO3. The van der Waals surface area contributed by atoms with Crippen LogP contribution in [0.3, 0.4) is 0 Å². The van der Waals surface area contributed by atoms with Gasteiger partial charge in [0.15, 0.2) is 5.70 Å². The van der Waals surface area contributed by atoms with Gasteiger partial charge in [0.2, 0.25) is 5.90 Å². The Morgan fingerprint density at radius 3 is 2.78 bits per heavy atom. The van der Waals surface area contributed by atoms with Gasteiger partial charge in [0, 0.05) is 11.1 Å². The molecule has 1 aliphatic rings. The number of cyclic esters (lactones) is 1. The van der Waals surface area contributed by atoms with Crippen molar-refractivity contribution in [3.63, 3.8) is 0 Å². The molecule has 0 aromatic heterocycles. The molecule has 0 spiro atoms. The quantitative estimate of drug-likeness (QED) is 0.644. The molecule has 0 N–H and O–H groups in total. The lowest BCUT2D eigenvalue weighted by molar-refractivity contribution is -0.129. The maximum Gasteiger partial charge on any atom is 0.363 e. The molecule has 4 nitrogen and oxygen atoms in total. The molecule has 0 aliphatic carbocycles. The molecule has 5 heteroatoms. The van der Waals surface area contributed by atoms with Gasteiger partial charge in [0.05, 0.1) is 7.11 Å². The number of rotatable bonds is 3. The second-order valence-electron chi connectivity index (χ2n) is 5.09. The van der Waals surface area contributed by atoms with Crippen molar-refractivity contribution in [2.45, 2.75) is 6.92 Å². The van der Waals surface area contributed by atoms with Crippen LogP contribution >= 0.6 is 0 Å². The summed E-state index contributed by atoms with van der Waals surface area (Å²) < 4.78 is 23.8. The molecule has 0 radical (unpaired) electrons. The van der Waals surface area contributed by atoms with E-state index in [-0.39, 0.29) is 11.6 Å². The summed E-state index contributed by atoms with van der Waals surface area (Å²) in [6.07, 6.45) is 1.45. The number of carbonyl (C=O) groups is 1. The van der Waals surface area contributed by atoms with E-state index in [1.807, 2.05) is 31.2 Å². The predicted molar refractivity (Wildman–Crippen MR) is 84.7 cm³/mol. The van der Waals surface area contributed by atoms with E-state index < -0.39 is 11.8 Å². The average Bonchev–Trinajstić information content (AvgIpc) is 2.89. The van der Waals surface area contributed by atoms with Crippen LogP contribution in [-0.4, -0.2) is 19.0 Å². The molecule has 0 saturated carbocycles. The van der Waals surface area contributed by atoms with Gasteiger partial charge in [0.25, 0.3) is 0 Å². The van der Waals surface area contributed by atoms with Crippen molar-refractivity contribution < 1.29 is 18.7 Å². The number of benzene rings is 2. The first kappa shape index (κ1) is 15.0. The highest BCUT2D eigenvalue weighted by Crippen LogP contribution is 2.25. The summed E-state index contributed by atoms with van der Waals surface area (Å²) in [5.74, 6) is -0.314. The van der Waals surface area contributed by atoms with Gasteiger partial charge in [-0.1, -0.05) is 17.7 Å². The van der Waals surface area contributed by atoms with Gasteiger partial charge in [0.1, 0.15) is 11.6 Å². The van der Waals surface area contributed by atoms with Crippen LogP contribution in [0.15, 0.2) is 53.2 Å². The number of esters is 1. The Hall–Kier alpha value is -2.95. The molecule has 0 saturated heterocycles. The van der Waals surface area contributed by atoms with E-state index in [0.29, 0.717) is 16.9 Å². The lowest BCUT2D eigenvalue weighted by Crippen LogP contribution is -2.05. The van der Waals surface area contributed by atoms with Gasteiger partial charge in [-0.3, -0.25) is 0 Å². The Bertz CT molecular complexity index is 840. The first-order valence-electron chi connectivity index (χ1n) is 7.00. The summed E-state index contributed by atoms with van der Waals surface area (Å²) >= 11 is 0. The first-order chi connectivity index (χ1) is 11.1. The third-order valence-corrected chi connectivity index (χ3v) is 3.37. The molecule has 116 valence electrons. The minimum Gasteiger partial charge on any atom is -0.496 e. The molecule has 2 aromatic rings. The van der Waals surface area contributed by atoms with Gasteiger partial charge in [-0.15, -0.1) is 0 Å². The fourth-order valence-electron chi connectivity index (χ4n) is 2.28. The highest BCUT2D eigenvalue weighted by Gasteiger charge is 2.24. The maximum absolute atomic E-state index is 13.4. The number of hydrogen-bond donors (Lipinski definition) is 0. The first-order valence-corrected chi connectivity index (χ1v) is 7.00. The molecule has 0 amide bonds. The number of aryl methyl sites for hydroxylation is 1. The number of ether oxygens (including phenoxy) is 2. The summed E-state index contributed by atoms with van der Waals surface area (Å²) in [5, 5.41) is 0. The normalized spacial score (nSPS) is 15.5. The number of carbonyl (C=O) groups excluding carboxylic acids is 1. The third-order valence-electron chi connectivity index (χ3n) is 3.37. The molecule has 0 fully saturated rings. The summed E-state index contributed by atoms with van der Waals surface area (Å²) in [4.78, 5) is 16.2. The molecule has 1 aliphatic heterocycles. The topological polar surface area (TPSA) is 47.9 Å².